The molecule has 58 heavy (non-hydrogen) atoms. The molecule has 0 radical (unpaired) electrons. The van der Waals surface area contributed by atoms with Gasteiger partial charge in [-0.2, -0.15) is 0 Å². The smallest absolute Gasteiger partial charge is 0.0465 e. The molecule has 0 aromatic heterocycles. The van der Waals surface area contributed by atoms with Crippen LogP contribution in [0.25, 0.3) is 33.4 Å². The van der Waals surface area contributed by atoms with Crippen LogP contribution in [0.3, 0.4) is 0 Å². The Morgan fingerprint density at radius 2 is 1.05 bits per heavy atom. The van der Waals surface area contributed by atoms with Crippen molar-refractivity contribution in [3.05, 3.63) is 161 Å². The van der Waals surface area contributed by atoms with Crippen molar-refractivity contribution in [2.45, 2.75) is 102 Å². The summed E-state index contributed by atoms with van der Waals surface area (Å²) in [7, 11) is 0. The van der Waals surface area contributed by atoms with Gasteiger partial charge in [-0.05, 0) is 188 Å². The molecule has 13 rings (SSSR count). The average molecular weight is 754 g/mol. The van der Waals surface area contributed by atoms with Crippen LogP contribution in [-0.4, -0.2) is 0 Å². The molecule has 0 aliphatic heterocycles. The van der Waals surface area contributed by atoms with Gasteiger partial charge in [-0.15, -0.1) is 0 Å². The summed E-state index contributed by atoms with van der Waals surface area (Å²) in [5, 5.41) is 0. The fourth-order valence-corrected chi connectivity index (χ4v) is 15.3. The van der Waals surface area contributed by atoms with Crippen LogP contribution in [0.1, 0.15) is 113 Å². The predicted octanol–water partition coefficient (Wildman–Crippen LogP) is 14.8. The Bertz CT molecular complexity index is 2760. The maximum absolute atomic E-state index is 2.70. The minimum Gasteiger partial charge on any atom is -0.310 e. The van der Waals surface area contributed by atoms with E-state index in [-0.39, 0.29) is 21.7 Å². The van der Waals surface area contributed by atoms with Crippen LogP contribution >= 0.6 is 0 Å². The number of benzene rings is 6. The molecule has 4 fully saturated rings. The molecule has 0 saturated heterocycles. The summed E-state index contributed by atoms with van der Waals surface area (Å²) in [6, 6.07) is 50.3. The van der Waals surface area contributed by atoms with Gasteiger partial charge in [0.2, 0.25) is 0 Å². The number of nitrogens with zero attached hydrogens (tertiary/aromatic N) is 1. The van der Waals surface area contributed by atoms with Crippen LogP contribution in [0.2, 0.25) is 0 Å². The Balaban J connectivity index is 1.03. The third kappa shape index (κ3) is 3.96. The lowest BCUT2D eigenvalue weighted by atomic mass is 9.27. The van der Waals surface area contributed by atoms with Crippen LogP contribution in [0, 0.1) is 29.1 Å². The van der Waals surface area contributed by atoms with Gasteiger partial charge in [-0.25, -0.2) is 0 Å². The molecule has 6 aromatic rings. The van der Waals surface area contributed by atoms with Gasteiger partial charge in [-0.1, -0.05) is 126 Å². The van der Waals surface area contributed by atoms with E-state index in [1.807, 2.05) is 0 Å². The zero-order chi connectivity index (χ0) is 39.1. The predicted molar refractivity (Wildman–Crippen MR) is 240 cm³/mol. The van der Waals surface area contributed by atoms with Crippen molar-refractivity contribution in [1.82, 2.24) is 0 Å². The first kappa shape index (κ1) is 34.0. The summed E-state index contributed by atoms with van der Waals surface area (Å²) in [6.45, 7) is 14.7. The van der Waals surface area contributed by atoms with Crippen LogP contribution in [0.4, 0.5) is 17.1 Å². The first-order valence-electron chi connectivity index (χ1n) is 22.5. The molecule has 1 nitrogen and oxygen atoms in total. The van der Waals surface area contributed by atoms with E-state index in [2.05, 4.69) is 174 Å². The van der Waals surface area contributed by atoms with Crippen molar-refractivity contribution in [2.24, 2.45) is 29.1 Å². The molecule has 2 spiro atoms. The van der Waals surface area contributed by atoms with Crippen molar-refractivity contribution in [3.63, 3.8) is 0 Å². The largest absolute Gasteiger partial charge is 0.310 e. The number of rotatable bonds is 4. The molecule has 0 heterocycles. The van der Waals surface area contributed by atoms with Crippen molar-refractivity contribution in [1.29, 1.82) is 0 Å². The summed E-state index contributed by atoms with van der Waals surface area (Å²) in [6.07, 6.45) is 8.24. The third-order valence-corrected chi connectivity index (χ3v) is 18.0. The highest BCUT2D eigenvalue weighted by atomic mass is 15.1. The van der Waals surface area contributed by atoms with Crippen LogP contribution in [0.15, 0.2) is 127 Å². The number of hydrogen-bond donors (Lipinski definition) is 0. The Morgan fingerprint density at radius 3 is 1.81 bits per heavy atom. The van der Waals surface area contributed by atoms with E-state index in [1.165, 1.54) is 111 Å². The molecule has 6 unspecified atom stereocenters. The molecule has 288 valence electrons. The number of hydrogen-bond acceptors (Lipinski definition) is 1. The summed E-state index contributed by atoms with van der Waals surface area (Å²) in [5.74, 6) is 3.42. The first-order valence-corrected chi connectivity index (χ1v) is 22.5. The monoisotopic (exact) mass is 753 g/mol. The molecule has 6 aromatic carbocycles. The Labute approximate surface area is 345 Å². The Kier molecular flexibility index (Phi) is 6.36. The quantitative estimate of drug-likeness (QED) is 0.173. The summed E-state index contributed by atoms with van der Waals surface area (Å²) < 4.78 is 0. The lowest BCUT2D eigenvalue weighted by molar-refractivity contribution is -0.231. The molecular weight excluding hydrogens is 699 g/mol. The average Bonchev–Trinajstić information content (AvgIpc) is 3.92. The Hall–Kier alpha value is -4.88. The maximum Gasteiger partial charge on any atom is 0.0465 e. The second-order valence-electron chi connectivity index (χ2n) is 21.7. The zero-order valence-electron chi connectivity index (χ0n) is 35.1. The Morgan fingerprint density at radius 1 is 0.448 bits per heavy atom. The highest BCUT2D eigenvalue weighted by molar-refractivity contribution is 5.91. The summed E-state index contributed by atoms with van der Waals surface area (Å²) in [4.78, 5) is 2.64. The van der Waals surface area contributed by atoms with Gasteiger partial charge < -0.3 is 4.90 Å². The van der Waals surface area contributed by atoms with E-state index < -0.39 is 0 Å². The van der Waals surface area contributed by atoms with Gasteiger partial charge in [0.1, 0.15) is 0 Å². The first-order chi connectivity index (χ1) is 27.9. The van der Waals surface area contributed by atoms with Gasteiger partial charge >= 0.3 is 0 Å². The van der Waals surface area contributed by atoms with Crippen LogP contribution in [0.5, 0.6) is 0 Å². The molecule has 6 atom stereocenters. The maximum atomic E-state index is 2.70. The van der Waals surface area contributed by atoms with E-state index in [4.69, 9.17) is 0 Å². The highest BCUT2D eigenvalue weighted by Crippen LogP contribution is 2.89. The minimum absolute atomic E-state index is 0.0711. The third-order valence-electron chi connectivity index (χ3n) is 18.0. The van der Waals surface area contributed by atoms with Gasteiger partial charge in [0.15, 0.2) is 0 Å². The summed E-state index contributed by atoms with van der Waals surface area (Å²) in [5.41, 5.74) is 22.3. The van der Waals surface area contributed by atoms with Crippen molar-refractivity contribution >= 4 is 17.1 Å². The number of anilines is 3. The van der Waals surface area contributed by atoms with Gasteiger partial charge in [-0.3, -0.25) is 0 Å². The lowest BCUT2D eigenvalue weighted by Crippen LogP contribution is -2.73. The lowest BCUT2D eigenvalue weighted by Gasteiger charge is -2.76. The van der Waals surface area contributed by atoms with E-state index in [0.717, 1.165) is 23.7 Å². The molecule has 7 aliphatic rings. The fourth-order valence-electron chi connectivity index (χ4n) is 15.3. The van der Waals surface area contributed by atoms with Crippen LogP contribution < -0.4 is 4.90 Å². The van der Waals surface area contributed by atoms with Crippen molar-refractivity contribution in [2.75, 3.05) is 4.90 Å². The van der Waals surface area contributed by atoms with Gasteiger partial charge in [0.25, 0.3) is 0 Å². The molecule has 0 N–H and O–H groups in total. The zero-order valence-corrected chi connectivity index (χ0v) is 35.1. The SMILES string of the molecule is CC1(C)CCC(C)(C)c2cc(N(c3ccc4c(c3)C(C)(C)c3ccccc3-4)c3ccc4c(c3)C3(c5ccc(-c6ccccc6)cc5-4)C4CC5CC6CC3C64C5)ccc21. The van der Waals surface area contributed by atoms with Crippen molar-refractivity contribution in [3.8, 4) is 33.4 Å². The standard InChI is InChI=1S/C57H55N/c1-53(2)24-25-54(3,4)50-32-40(19-23-47(50)53)58(38-17-20-42-41-14-10-11-15-45(41)55(5,6)48(42)30-38)39-18-21-43-44-28-36(35-12-8-7-9-13-35)16-22-46(44)57(49(43)31-39)51-27-34-26-37-29-52(57)56(37,51)33-34/h7-23,28,30-32,34,37,51-52H,24-27,29,33H2,1-6H3. The molecular formula is C57H55N. The van der Waals surface area contributed by atoms with E-state index in [9.17, 15) is 0 Å². The molecule has 7 aliphatic carbocycles. The molecule has 4 saturated carbocycles. The molecule has 0 amide bonds. The minimum atomic E-state index is -0.0711. The van der Waals surface area contributed by atoms with E-state index >= 15 is 0 Å². The second-order valence-corrected chi connectivity index (χ2v) is 21.7. The highest BCUT2D eigenvalue weighted by Gasteiger charge is 2.84. The normalized spacial score (nSPS) is 29.7. The molecule has 2 bridgehead atoms. The van der Waals surface area contributed by atoms with Crippen LogP contribution in [-0.2, 0) is 21.7 Å². The summed E-state index contributed by atoms with van der Waals surface area (Å²) >= 11 is 0. The number of fused-ring (bicyclic) bond motifs is 12. The topological polar surface area (TPSA) is 3.24 Å². The molecule has 1 heteroatoms. The van der Waals surface area contributed by atoms with Crippen molar-refractivity contribution < 1.29 is 0 Å². The van der Waals surface area contributed by atoms with E-state index in [0.29, 0.717) is 5.41 Å². The van der Waals surface area contributed by atoms with Gasteiger partial charge in [0, 0.05) is 27.9 Å². The second kappa shape index (κ2) is 10.8. The van der Waals surface area contributed by atoms with Gasteiger partial charge in [0.05, 0.1) is 0 Å². The fraction of sp³-hybridized carbons (Fsp3) is 0.368. The van der Waals surface area contributed by atoms with E-state index in [1.54, 1.807) is 11.1 Å².